The molecule has 0 bridgehead atoms. The van der Waals surface area contributed by atoms with Gasteiger partial charge in [0.05, 0.1) is 5.57 Å². The maximum absolute atomic E-state index is 12.6. The molecule has 0 saturated heterocycles. The lowest BCUT2D eigenvalue weighted by molar-refractivity contribution is -0.137. The molecule has 0 fully saturated rings. The molecular weight excluding hydrogens is 364 g/mol. The van der Waals surface area contributed by atoms with Crippen molar-refractivity contribution in [2.75, 3.05) is 5.32 Å². The van der Waals surface area contributed by atoms with Crippen molar-refractivity contribution >= 4 is 40.8 Å². The van der Waals surface area contributed by atoms with Gasteiger partial charge in [-0.2, -0.15) is 0 Å². The van der Waals surface area contributed by atoms with Gasteiger partial charge in [-0.05, 0) is 73.9 Å². The SMILES string of the molecule is Cc1c(Cl)ccc2c1/C(=C/c1[nH]c3c(c1CCC(=O)O)CCCC3)C(=O)N2. The van der Waals surface area contributed by atoms with Gasteiger partial charge in [0.15, 0.2) is 0 Å². The molecule has 0 atom stereocenters. The van der Waals surface area contributed by atoms with Crippen molar-refractivity contribution in [2.24, 2.45) is 0 Å². The summed E-state index contributed by atoms with van der Waals surface area (Å²) < 4.78 is 0. The van der Waals surface area contributed by atoms with Crippen LogP contribution in [-0.2, 0) is 28.9 Å². The molecule has 2 heterocycles. The van der Waals surface area contributed by atoms with Crippen LogP contribution in [0.1, 0.15) is 52.9 Å². The zero-order valence-electron chi connectivity index (χ0n) is 15.1. The Hall–Kier alpha value is -2.53. The molecule has 2 aliphatic rings. The molecule has 1 aromatic carbocycles. The number of carboxylic acid groups (broad SMARTS) is 1. The molecule has 2 aromatic rings. The molecule has 3 N–H and O–H groups in total. The van der Waals surface area contributed by atoms with Gasteiger partial charge in [-0.1, -0.05) is 11.6 Å². The second-order valence-corrected chi connectivity index (χ2v) is 7.59. The van der Waals surface area contributed by atoms with Crippen LogP contribution in [0.4, 0.5) is 5.69 Å². The Morgan fingerprint density at radius 1 is 1.30 bits per heavy atom. The Balaban J connectivity index is 1.83. The van der Waals surface area contributed by atoms with E-state index in [4.69, 9.17) is 16.7 Å². The van der Waals surface area contributed by atoms with Crippen LogP contribution in [0.3, 0.4) is 0 Å². The largest absolute Gasteiger partial charge is 0.481 e. The fraction of sp³-hybridized carbons (Fsp3) is 0.333. The van der Waals surface area contributed by atoms with E-state index in [2.05, 4.69) is 10.3 Å². The molecule has 27 heavy (non-hydrogen) atoms. The van der Waals surface area contributed by atoms with Crippen LogP contribution in [0.5, 0.6) is 0 Å². The fourth-order valence-corrected chi connectivity index (χ4v) is 4.30. The number of hydrogen-bond donors (Lipinski definition) is 3. The number of rotatable bonds is 4. The van der Waals surface area contributed by atoms with Crippen molar-refractivity contribution in [3.05, 3.63) is 50.8 Å². The first kappa shape index (κ1) is 17.9. The number of benzene rings is 1. The van der Waals surface area contributed by atoms with Gasteiger partial charge in [-0.3, -0.25) is 9.59 Å². The number of carbonyl (C=O) groups excluding carboxylic acids is 1. The second-order valence-electron chi connectivity index (χ2n) is 7.18. The summed E-state index contributed by atoms with van der Waals surface area (Å²) in [5.74, 6) is -0.974. The maximum atomic E-state index is 12.6. The first-order chi connectivity index (χ1) is 13.0. The number of aromatic nitrogens is 1. The van der Waals surface area contributed by atoms with Gasteiger partial charge in [-0.15, -0.1) is 0 Å². The van der Waals surface area contributed by atoms with Crippen molar-refractivity contribution in [1.29, 1.82) is 0 Å². The number of fused-ring (bicyclic) bond motifs is 2. The summed E-state index contributed by atoms with van der Waals surface area (Å²) in [6.45, 7) is 1.90. The van der Waals surface area contributed by atoms with Crippen molar-refractivity contribution in [3.63, 3.8) is 0 Å². The normalized spacial score (nSPS) is 17.0. The number of anilines is 1. The Bertz CT molecular complexity index is 988. The highest BCUT2D eigenvalue weighted by atomic mass is 35.5. The van der Waals surface area contributed by atoms with Crippen LogP contribution in [0.25, 0.3) is 11.6 Å². The molecule has 0 unspecified atom stereocenters. The van der Waals surface area contributed by atoms with E-state index in [0.29, 0.717) is 17.0 Å². The Morgan fingerprint density at radius 3 is 2.85 bits per heavy atom. The van der Waals surface area contributed by atoms with Gasteiger partial charge in [0.25, 0.3) is 5.91 Å². The second kappa shape index (κ2) is 6.89. The van der Waals surface area contributed by atoms with Crippen LogP contribution in [0, 0.1) is 6.92 Å². The number of aromatic amines is 1. The predicted octanol–water partition coefficient (Wildman–Crippen LogP) is 4.37. The molecule has 6 heteroatoms. The number of aliphatic carboxylic acids is 1. The van der Waals surface area contributed by atoms with Gasteiger partial charge < -0.3 is 15.4 Å². The average molecular weight is 385 g/mol. The lowest BCUT2D eigenvalue weighted by Gasteiger charge is -2.12. The van der Waals surface area contributed by atoms with Crippen LogP contribution in [0.15, 0.2) is 12.1 Å². The van der Waals surface area contributed by atoms with E-state index in [9.17, 15) is 9.59 Å². The van der Waals surface area contributed by atoms with Gasteiger partial charge in [-0.25, -0.2) is 0 Å². The quantitative estimate of drug-likeness (QED) is 0.685. The maximum Gasteiger partial charge on any atom is 0.303 e. The first-order valence-electron chi connectivity index (χ1n) is 9.22. The molecule has 1 aliphatic carbocycles. The third-order valence-corrected chi connectivity index (χ3v) is 5.89. The molecular formula is C21H21ClN2O3. The monoisotopic (exact) mass is 384 g/mol. The summed E-state index contributed by atoms with van der Waals surface area (Å²) in [4.78, 5) is 27.2. The van der Waals surface area contributed by atoms with Gasteiger partial charge in [0.1, 0.15) is 0 Å². The zero-order chi connectivity index (χ0) is 19.1. The summed E-state index contributed by atoms with van der Waals surface area (Å²) in [5.41, 5.74) is 7.30. The number of halogens is 1. The summed E-state index contributed by atoms with van der Waals surface area (Å²) in [6.07, 6.45) is 6.56. The minimum absolute atomic E-state index is 0.0775. The van der Waals surface area contributed by atoms with E-state index in [1.165, 1.54) is 11.3 Å². The van der Waals surface area contributed by atoms with Crippen molar-refractivity contribution in [1.82, 2.24) is 4.98 Å². The molecule has 0 radical (unpaired) electrons. The van der Waals surface area contributed by atoms with Crippen molar-refractivity contribution in [3.8, 4) is 0 Å². The minimum atomic E-state index is -0.814. The van der Waals surface area contributed by atoms with Crippen LogP contribution in [-0.4, -0.2) is 22.0 Å². The van der Waals surface area contributed by atoms with E-state index in [0.717, 1.165) is 53.8 Å². The highest BCUT2D eigenvalue weighted by Crippen LogP contribution is 2.39. The highest BCUT2D eigenvalue weighted by Gasteiger charge is 2.28. The fourth-order valence-electron chi connectivity index (χ4n) is 4.14. The molecule has 0 saturated carbocycles. The number of aryl methyl sites for hydroxylation is 1. The Kier molecular flexibility index (Phi) is 4.56. The lowest BCUT2D eigenvalue weighted by Crippen LogP contribution is -2.05. The van der Waals surface area contributed by atoms with E-state index in [-0.39, 0.29) is 12.3 Å². The Labute approximate surface area is 162 Å². The smallest absolute Gasteiger partial charge is 0.303 e. The molecule has 1 aromatic heterocycles. The molecule has 1 amide bonds. The van der Waals surface area contributed by atoms with E-state index < -0.39 is 5.97 Å². The number of H-pyrrole nitrogens is 1. The van der Waals surface area contributed by atoms with Crippen molar-refractivity contribution in [2.45, 2.75) is 45.4 Å². The number of carbonyl (C=O) groups is 2. The molecule has 4 rings (SSSR count). The number of carboxylic acids is 1. The Morgan fingerprint density at radius 2 is 2.07 bits per heavy atom. The topological polar surface area (TPSA) is 82.2 Å². The number of nitrogens with one attached hydrogen (secondary N) is 2. The molecule has 140 valence electrons. The number of amides is 1. The zero-order valence-corrected chi connectivity index (χ0v) is 15.9. The number of hydrogen-bond acceptors (Lipinski definition) is 2. The lowest BCUT2D eigenvalue weighted by atomic mass is 9.92. The molecule has 1 aliphatic heterocycles. The third kappa shape index (κ3) is 3.16. The van der Waals surface area contributed by atoms with Crippen LogP contribution in [0.2, 0.25) is 5.02 Å². The minimum Gasteiger partial charge on any atom is -0.481 e. The summed E-state index contributed by atoms with van der Waals surface area (Å²) in [7, 11) is 0. The molecule has 5 nitrogen and oxygen atoms in total. The molecule has 0 spiro atoms. The first-order valence-corrected chi connectivity index (χ1v) is 9.60. The highest BCUT2D eigenvalue weighted by molar-refractivity contribution is 6.37. The van der Waals surface area contributed by atoms with Gasteiger partial charge in [0, 0.05) is 34.1 Å². The summed E-state index contributed by atoms with van der Waals surface area (Å²) in [5, 5.41) is 12.6. The summed E-state index contributed by atoms with van der Waals surface area (Å²) >= 11 is 6.27. The average Bonchev–Trinajstić information content (AvgIpc) is 3.14. The third-order valence-electron chi connectivity index (χ3n) is 5.48. The van der Waals surface area contributed by atoms with E-state index in [1.54, 1.807) is 6.07 Å². The van der Waals surface area contributed by atoms with Crippen LogP contribution >= 0.6 is 11.6 Å². The van der Waals surface area contributed by atoms with Crippen molar-refractivity contribution < 1.29 is 14.7 Å². The van der Waals surface area contributed by atoms with E-state index >= 15 is 0 Å². The van der Waals surface area contributed by atoms with Gasteiger partial charge >= 0.3 is 5.97 Å². The predicted molar refractivity (Wildman–Crippen MR) is 106 cm³/mol. The van der Waals surface area contributed by atoms with Gasteiger partial charge in [0.2, 0.25) is 0 Å². The standard InChI is InChI=1S/C21H21ClN2O3/c1-11-15(22)7-8-17-20(11)14(21(27)24-17)10-18-13(6-9-19(25)26)12-4-2-3-5-16(12)23-18/h7-8,10,23H,2-6,9H2,1H3,(H,24,27)(H,25,26)/b14-10-. The van der Waals surface area contributed by atoms with Crippen LogP contribution < -0.4 is 5.32 Å². The van der Waals surface area contributed by atoms with E-state index in [1.807, 2.05) is 19.1 Å². The summed E-state index contributed by atoms with van der Waals surface area (Å²) in [6, 6.07) is 3.60.